The fraction of sp³-hybridized carbons (Fsp3) is 0.400. The number of phenolic OH excluding ortho intramolecular Hbond substituents is 1. The Bertz CT molecular complexity index is 1090. The zero-order chi connectivity index (χ0) is 22.8. The van der Waals surface area contributed by atoms with Crippen molar-refractivity contribution in [2.75, 3.05) is 0 Å². The number of hydrogen-bond acceptors (Lipinski definition) is 4. The molecule has 0 fully saturated rings. The van der Waals surface area contributed by atoms with Gasteiger partial charge in [-0.1, -0.05) is 71.9 Å². The average Bonchev–Trinajstić information content (AvgIpc) is 3.04. The van der Waals surface area contributed by atoms with E-state index < -0.39 is 0 Å². The molecular weight excluding hydrogens is 404 g/mol. The summed E-state index contributed by atoms with van der Waals surface area (Å²) in [5.41, 5.74) is 3.59. The van der Waals surface area contributed by atoms with Gasteiger partial charge in [-0.2, -0.15) is 14.9 Å². The van der Waals surface area contributed by atoms with Crippen LogP contribution < -0.4 is 0 Å². The summed E-state index contributed by atoms with van der Waals surface area (Å²) in [6.07, 6.45) is 3.38. The van der Waals surface area contributed by atoms with Gasteiger partial charge < -0.3 is 5.11 Å². The summed E-state index contributed by atoms with van der Waals surface area (Å²) in [5.74, 6) is 1.15. The number of benzene rings is 2. The fourth-order valence-electron chi connectivity index (χ4n) is 3.51. The van der Waals surface area contributed by atoms with Gasteiger partial charge in [-0.05, 0) is 52.7 Å². The Hall–Kier alpha value is -2.73. The molecule has 31 heavy (non-hydrogen) atoms. The molecule has 0 saturated heterocycles. The largest absolute Gasteiger partial charge is 0.507 e. The van der Waals surface area contributed by atoms with Gasteiger partial charge in [-0.3, -0.25) is 5.10 Å². The number of H-pyrrole nitrogens is 1. The van der Waals surface area contributed by atoms with Crippen LogP contribution in [0.5, 0.6) is 5.75 Å². The van der Waals surface area contributed by atoms with Crippen molar-refractivity contribution in [2.45, 2.75) is 65.2 Å². The highest BCUT2D eigenvalue weighted by Crippen LogP contribution is 2.39. The smallest absolute Gasteiger partial charge is 0.216 e. The highest BCUT2D eigenvalue weighted by Gasteiger charge is 2.26. The van der Waals surface area contributed by atoms with Crippen LogP contribution in [0.3, 0.4) is 0 Å². The van der Waals surface area contributed by atoms with Crippen LogP contribution in [-0.2, 0) is 23.7 Å². The van der Waals surface area contributed by atoms with Gasteiger partial charge in [0.05, 0.1) is 6.21 Å². The number of aryl methyl sites for hydroxylation is 2. The number of hydrogen-bond donors (Lipinski definition) is 2. The lowest BCUT2D eigenvalue weighted by atomic mass is 9.78. The van der Waals surface area contributed by atoms with Crippen LogP contribution in [0.4, 0.5) is 0 Å². The predicted molar refractivity (Wildman–Crippen MR) is 130 cm³/mol. The van der Waals surface area contributed by atoms with E-state index in [9.17, 15) is 5.11 Å². The van der Waals surface area contributed by atoms with Gasteiger partial charge in [0.15, 0.2) is 5.82 Å². The highest BCUT2D eigenvalue weighted by atomic mass is 32.1. The number of aromatic hydroxyl groups is 1. The minimum atomic E-state index is -0.194. The zero-order valence-electron chi connectivity index (χ0n) is 19.2. The quantitative estimate of drug-likeness (QED) is 0.386. The van der Waals surface area contributed by atoms with Gasteiger partial charge in [-0.15, -0.1) is 0 Å². The van der Waals surface area contributed by atoms with Crippen molar-refractivity contribution in [3.8, 4) is 5.75 Å². The summed E-state index contributed by atoms with van der Waals surface area (Å²) in [6.45, 7) is 12.6. The van der Waals surface area contributed by atoms with E-state index in [1.165, 1.54) is 5.56 Å². The van der Waals surface area contributed by atoms with Crippen molar-refractivity contribution in [2.24, 2.45) is 5.10 Å². The van der Waals surface area contributed by atoms with Gasteiger partial charge >= 0.3 is 0 Å². The number of nitrogens with one attached hydrogen (secondary N) is 1. The summed E-state index contributed by atoms with van der Waals surface area (Å²) in [4.78, 5) is 0. The summed E-state index contributed by atoms with van der Waals surface area (Å²) in [7, 11) is 0. The van der Waals surface area contributed by atoms with Crippen LogP contribution in [0.15, 0.2) is 47.6 Å². The van der Waals surface area contributed by atoms with Crippen LogP contribution >= 0.6 is 12.2 Å². The second kappa shape index (κ2) is 8.79. The lowest BCUT2D eigenvalue weighted by molar-refractivity contribution is 0.423. The van der Waals surface area contributed by atoms with Crippen molar-refractivity contribution in [3.05, 3.63) is 75.3 Å². The Balaban J connectivity index is 1.95. The molecule has 1 aromatic heterocycles. The standard InChI is InChI=1S/C25H32N4OS/c1-24(2,3)19-14-18(15-20(22(19)30)25(4,5)6)16-26-29-21(27-28-23(29)31)13-12-17-10-8-7-9-11-17/h7-11,14-16,30H,12-13H2,1-6H3,(H,28,31)/b26-16-. The Kier molecular flexibility index (Phi) is 6.51. The summed E-state index contributed by atoms with van der Waals surface area (Å²) < 4.78 is 2.14. The van der Waals surface area contributed by atoms with Crippen LogP contribution in [0.25, 0.3) is 0 Å². The SMILES string of the molecule is CC(C)(C)c1cc(/C=N\n2c(CCc3ccccc3)n[nH]c2=S)cc(C(C)(C)C)c1O. The normalized spacial score (nSPS) is 12.6. The third-order valence-electron chi connectivity index (χ3n) is 5.27. The summed E-state index contributed by atoms with van der Waals surface area (Å²) in [6, 6.07) is 14.3. The summed E-state index contributed by atoms with van der Waals surface area (Å²) in [5, 5.41) is 22.8. The van der Waals surface area contributed by atoms with Crippen LogP contribution in [-0.4, -0.2) is 26.2 Å². The van der Waals surface area contributed by atoms with Crippen molar-refractivity contribution in [1.29, 1.82) is 0 Å². The number of phenols is 1. The molecule has 6 heteroatoms. The van der Waals surface area contributed by atoms with Gasteiger partial charge in [0.2, 0.25) is 4.77 Å². The maximum atomic E-state index is 10.9. The van der Waals surface area contributed by atoms with E-state index in [0.29, 0.717) is 10.5 Å². The lowest BCUT2D eigenvalue weighted by Gasteiger charge is -2.27. The molecule has 3 rings (SSSR count). The molecule has 0 spiro atoms. The Labute approximate surface area is 189 Å². The number of nitrogens with zero attached hydrogens (tertiary/aromatic N) is 3. The zero-order valence-corrected chi connectivity index (χ0v) is 20.0. The topological polar surface area (TPSA) is 66.2 Å². The first-order valence-corrected chi connectivity index (χ1v) is 11.0. The first-order chi connectivity index (χ1) is 14.5. The molecule has 0 aliphatic rings. The van der Waals surface area contributed by atoms with Crippen molar-refractivity contribution in [1.82, 2.24) is 14.9 Å². The maximum absolute atomic E-state index is 10.9. The lowest BCUT2D eigenvalue weighted by Crippen LogP contribution is -2.18. The van der Waals surface area contributed by atoms with Crippen LogP contribution in [0.1, 0.15) is 69.6 Å². The molecule has 2 N–H and O–H groups in total. The Morgan fingerprint density at radius 2 is 1.58 bits per heavy atom. The van der Waals surface area contributed by atoms with Gasteiger partial charge in [0.1, 0.15) is 5.75 Å². The third-order valence-corrected chi connectivity index (χ3v) is 5.53. The number of aromatic nitrogens is 3. The molecular formula is C25H32N4OS. The minimum absolute atomic E-state index is 0.194. The molecule has 0 bridgehead atoms. The molecule has 0 aliphatic heterocycles. The molecule has 164 valence electrons. The molecule has 0 saturated carbocycles. The second-order valence-electron chi connectivity index (χ2n) is 9.95. The maximum Gasteiger partial charge on any atom is 0.216 e. The number of rotatable bonds is 5. The first kappa shape index (κ1) is 22.9. The van der Waals surface area contributed by atoms with E-state index >= 15 is 0 Å². The molecule has 3 aromatic rings. The second-order valence-corrected chi connectivity index (χ2v) is 10.3. The average molecular weight is 437 g/mol. The molecule has 1 heterocycles. The molecule has 0 unspecified atom stereocenters. The van der Waals surface area contributed by atoms with E-state index in [1.54, 1.807) is 10.9 Å². The molecule has 0 amide bonds. The van der Waals surface area contributed by atoms with E-state index in [0.717, 1.165) is 35.4 Å². The van der Waals surface area contributed by atoms with Crippen molar-refractivity contribution < 1.29 is 5.11 Å². The van der Waals surface area contributed by atoms with E-state index in [1.807, 2.05) is 30.3 Å². The Morgan fingerprint density at radius 3 is 2.13 bits per heavy atom. The molecule has 2 aromatic carbocycles. The summed E-state index contributed by atoms with van der Waals surface area (Å²) >= 11 is 5.40. The first-order valence-electron chi connectivity index (χ1n) is 10.6. The Morgan fingerprint density at radius 1 is 1.00 bits per heavy atom. The minimum Gasteiger partial charge on any atom is -0.507 e. The van der Waals surface area contributed by atoms with Crippen molar-refractivity contribution >= 4 is 18.4 Å². The van der Waals surface area contributed by atoms with Crippen LogP contribution in [0.2, 0.25) is 0 Å². The molecule has 0 radical (unpaired) electrons. The van der Waals surface area contributed by atoms with Gasteiger partial charge in [-0.25, -0.2) is 0 Å². The number of aromatic amines is 1. The predicted octanol–water partition coefficient (Wildman–Crippen LogP) is 5.91. The monoisotopic (exact) mass is 436 g/mol. The van der Waals surface area contributed by atoms with Gasteiger partial charge in [0.25, 0.3) is 0 Å². The molecule has 0 atom stereocenters. The van der Waals surface area contributed by atoms with E-state index in [2.05, 4.69) is 69.0 Å². The van der Waals surface area contributed by atoms with Gasteiger partial charge in [0, 0.05) is 17.5 Å². The molecule has 0 aliphatic carbocycles. The third kappa shape index (κ3) is 5.50. The van der Waals surface area contributed by atoms with E-state index in [4.69, 9.17) is 12.2 Å². The van der Waals surface area contributed by atoms with Crippen molar-refractivity contribution in [3.63, 3.8) is 0 Å². The van der Waals surface area contributed by atoms with E-state index in [-0.39, 0.29) is 10.8 Å². The van der Waals surface area contributed by atoms with Crippen LogP contribution in [0, 0.1) is 4.77 Å². The highest BCUT2D eigenvalue weighted by molar-refractivity contribution is 7.71. The fourth-order valence-corrected chi connectivity index (χ4v) is 3.70. The molecule has 5 nitrogen and oxygen atoms in total.